The van der Waals surface area contributed by atoms with E-state index in [1.165, 1.54) is 17.6 Å². The molecule has 0 bridgehead atoms. The van der Waals surface area contributed by atoms with Crippen LogP contribution in [0.15, 0.2) is 52.5 Å². The average molecular weight is 453 g/mol. The van der Waals surface area contributed by atoms with Crippen LogP contribution in [0, 0.1) is 0 Å². The number of anilines is 1. The van der Waals surface area contributed by atoms with E-state index in [0.29, 0.717) is 22.5 Å². The molecule has 5 nitrogen and oxygen atoms in total. The monoisotopic (exact) mass is 452 g/mol. The van der Waals surface area contributed by atoms with Crippen molar-refractivity contribution in [1.82, 2.24) is 9.88 Å². The van der Waals surface area contributed by atoms with E-state index in [1.807, 2.05) is 29.6 Å². The first-order valence-electron chi connectivity index (χ1n) is 9.41. The zero-order valence-corrected chi connectivity index (χ0v) is 18.8. The van der Waals surface area contributed by atoms with Crippen LogP contribution in [-0.4, -0.2) is 42.0 Å². The van der Waals surface area contributed by atoms with Crippen molar-refractivity contribution >= 4 is 34.0 Å². The maximum absolute atomic E-state index is 13.0. The lowest BCUT2D eigenvalue weighted by Crippen LogP contribution is -3.00. The van der Waals surface area contributed by atoms with Gasteiger partial charge in [0.15, 0.2) is 10.9 Å². The molecule has 0 aliphatic heterocycles. The topological polar surface area (TPSA) is 49.6 Å². The highest BCUT2D eigenvalue weighted by molar-refractivity contribution is 7.14. The summed E-state index contributed by atoms with van der Waals surface area (Å²) in [7, 11) is 0. The number of hydrogen-bond donors (Lipinski definition) is 0. The molecule has 0 fully saturated rings. The third-order valence-corrected chi connectivity index (χ3v) is 5.71. The second kappa shape index (κ2) is 11.4. The fourth-order valence-corrected chi connectivity index (χ4v) is 3.94. The van der Waals surface area contributed by atoms with Crippen molar-refractivity contribution in [3.05, 3.63) is 58.8 Å². The van der Waals surface area contributed by atoms with Crippen LogP contribution in [0.5, 0.6) is 0 Å². The molecular weight excluding hydrogens is 429 g/mol. The van der Waals surface area contributed by atoms with Gasteiger partial charge in [-0.2, -0.15) is 0 Å². The highest BCUT2D eigenvalue weighted by atomic mass is 35.5. The van der Waals surface area contributed by atoms with Gasteiger partial charge in [-0.15, -0.1) is 11.3 Å². The number of aromatic nitrogens is 1. The van der Waals surface area contributed by atoms with Crippen LogP contribution >= 0.6 is 22.9 Å². The number of nitrogens with zero attached hydrogens (tertiary/aromatic N) is 3. The van der Waals surface area contributed by atoms with E-state index in [-0.39, 0.29) is 18.3 Å². The van der Waals surface area contributed by atoms with Crippen LogP contribution in [0.25, 0.3) is 11.3 Å². The van der Waals surface area contributed by atoms with Crippen LogP contribution < -0.4 is 17.3 Å². The molecule has 156 valence electrons. The number of furan rings is 1. The van der Waals surface area contributed by atoms with Crippen LogP contribution in [0.2, 0.25) is 5.02 Å². The quantitative estimate of drug-likeness (QED) is 0.500. The number of rotatable bonds is 9. The van der Waals surface area contributed by atoms with Gasteiger partial charge in [0.1, 0.15) is 0 Å². The summed E-state index contributed by atoms with van der Waals surface area (Å²) >= 11 is 7.43. The summed E-state index contributed by atoms with van der Waals surface area (Å²) in [5, 5.41) is 3.32. The van der Waals surface area contributed by atoms with E-state index in [0.717, 1.165) is 37.3 Å². The van der Waals surface area contributed by atoms with Gasteiger partial charge in [0.05, 0.1) is 12.0 Å². The van der Waals surface area contributed by atoms with Crippen LogP contribution in [0.1, 0.15) is 30.8 Å². The zero-order valence-electron chi connectivity index (χ0n) is 16.5. The maximum atomic E-state index is 13.0. The summed E-state index contributed by atoms with van der Waals surface area (Å²) in [6.07, 6.45) is 2.38. The minimum atomic E-state index is -0.165. The van der Waals surface area contributed by atoms with E-state index in [2.05, 4.69) is 18.7 Å². The molecule has 0 spiro atoms. The molecule has 0 atom stereocenters. The predicted molar refractivity (Wildman–Crippen MR) is 115 cm³/mol. The lowest BCUT2D eigenvalue weighted by molar-refractivity contribution is -0.0000134. The molecule has 8 heteroatoms. The molecule has 0 saturated heterocycles. The van der Waals surface area contributed by atoms with Gasteiger partial charge < -0.3 is 21.7 Å². The van der Waals surface area contributed by atoms with Crippen molar-refractivity contribution in [2.24, 2.45) is 0 Å². The summed E-state index contributed by atoms with van der Waals surface area (Å²) < 4.78 is 5.33. The minimum Gasteiger partial charge on any atom is -1.00 e. The van der Waals surface area contributed by atoms with Gasteiger partial charge >= 0.3 is 0 Å². The van der Waals surface area contributed by atoms with Gasteiger partial charge in [0.25, 0.3) is 5.91 Å². The SMILES string of the molecule is CCN(CC)CCCN(C(=O)c1ccco1)c1nc(-c2ccc(Cl)cc2)cs1.[Cl-]. The van der Waals surface area contributed by atoms with Gasteiger partial charge in [0.2, 0.25) is 0 Å². The third-order valence-electron chi connectivity index (χ3n) is 4.59. The standard InChI is InChI=1S/C21H24ClN3O2S.ClH/c1-3-24(4-2)12-6-13-25(20(26)19-7-5-14-27-19)21-23-18(15-28-21)16-8-10-17(22)11-9-16;/h5,7-11,14-15H,3-4,6,12-13H2,1-2H3;1H/p-1. The van der Waals surface area contributed by atoms with E-state index in [9.17, 15) is 4.79 Å². The molecule has 3 aromatic rings. The van der Waals surface area contributed by atoms with Crippen molar-refractivity contribution in [1.29, 1.82) is 0 Å². The van der Waals surface area contributed by atoms with Crippen molar-refractivity contribution in [2.45, 2.75) is 20.3 Å². The predicted octanol–water partition coefficient (Wildman–Crippen LogP) is 2.44. The lowest BCUT2D eigenvalue weighted by Gasteiger charge is -2.22. The highest BCUT2D eigenvalue weighted by Gasteiger charge is 2.23. The summed E-state index contributed by atoms with van der Waals surface area (Å²) in [5.41, 5.74) is 1.80. The first-order valence-corrected chi connectivity index (χ1v) is 10.7. The number of thiazole rings is 1. The number of benzene rings is 1. The normalized spacial score (nSPS) is 10.8. The fraction of sp³-hybridized carbons (Fsp3) is 0.333. The van der Waals surface area contributed by atoms with Crippen molar-refractivity contribution in [3.63, 3.8) is 0 Å². The molecule has 2 aromatic heterocycles. The van der Waals surface area contributed by atoms with E-state index < -0.39 is 0 Å². The van der Waals surface area contributed by atoms with Gasteiger partial charge in [0, 0.05) is 22.5 Å². The molecule has 0 unspecified atom stereocenters. The molecule has 29 heavy (non-hydrogen) atoms. The second-order valence-corrected chi connectivity index (χ2v) is 7.61. The summed E-state index contributed by atoms with van der Waals surface area (Å²) in [6.45, 7) is 7.82. The zero-order chi connectivity index (χ0) is 19.9. The number of amides is 1. The minimum absolute atomic E-state index is 0. The Morgan fingerprint density at radius 1 is 1.14 bits per heavy atom. The Morgan fingerprint density at radius 2 is 1.86 bits per heavy atom. The molecule has 0 radical (unpaired) electrons. The fourth-order valence-electron chi connectivity index (χ4n) is 2.95. The first kappa shape index (κ1) is 23.4. The molecule has 0 N–H and O–H groups in total. The molecule has 0 saturated carbocycles. The Kier molecular flexibility index (Phi) is 9.17. The Bertz CT molecular complexity index is 878. The number of halogens is 2. The molecule has 1 aromatic carbocycles. The van der Waals surface area contributed by atoms with Crippen LogP contribution in [0.3, 0.4) is 0 Å². The Morgan fingerprint density at radius 3 is 2.48 bits per heavy atom. The van der Waals surface area contributed by atoms with Crippen molar-refractivity contribution in [2.75, 3.05) is 31.1 Å². The van der Waals surface area contributed by atoms with Crippen molar-refractivity contribution < 1.29 is 21.6 Å². The summed E-state index contributed by atoms with van der Waals surface area (Å²) in [4.78, 5) is 21.7. The van der Waals surface area contributed by atoms with Crippen molar-refractivity contribution in [3.8, 4) is 11.3 Å². The Balaban J connectivity index is 0.00000300. The van der Waals surface area contributed by atoms with Gasteiger partial charge in [-0.25, -0.2) is 4.98 Å². The first-order chi connectivity index (χ1) is 13.6. The Labute approximate surface area is 186 Å². The highest BCUT2D eigenvalue weighted by Crippen LogP contribution is 2.29. The van der Waals surface area contributed by atoms with Gasteiger partial charge in [-0.05, 0) is 50.3 Å². The third kappa shape index (κ3) is 6.06. The smallest absolute Gasteiger partial charge is 0.295 e. The number of carbonyl (C=O) groups excluding carboxylic acids is 1. The number of carbonyl (C=O) groups is 1. The van der Waals surface area contributed by atoms with Gasteiger partial charge in [-0.1, -0.05) is 37.6 Å². The molecule has 2 heterocycles. The molecule has 3 rings (SSSR count). The van der Waals surface area contributed by atoms with E-state index in [1.54, 1.807) is 17.0 Å². The van der Waals surface area contributed by atoms with E-state index in [4.69, 9.17) is 21.0 Å². The summed E-state index contributed by atoms with van der Waals surface area (Å²) in [6, 6.07) is 11.0. The second-order valence-electron chi connectivity index (χ2n) is 6.34. The van der Waals surface area contributed by atoms with Crippen LogP contribution in [0.4, 0.5) is 5.13 Å². The van der Waals surface area contributed by atoms with E-state index >= 15 is 0 Å². The van der Waals surface area contributed by atoms with Crippen LogP contribution in [-0.2, 0) is 0 Å². The summed E-state index contributed by atoms with van der Waals surface area (Å²) in [5.74, 6) is 0.160. The molecule has 0 aliphatic rings. The molecular formula is C21H24Cl2N3O2S-. The largest absolute Gasteiger partial charge is 1.00 e. The molecule has 1 amide bonds. The van der Waals surface area contributed by atoms with Gasteiger partial charge in [-0.3, -0.25) is 9.69 Å². The lowest BCUT2D eigenvalue weighted by atomic mass is 10.2. The number of hydrogen-bond acceptors (Lipinski definition) is 5. The Hall–Kier alpha value is -1.86. The average Bonchev–Trinajstić information content (AvgIpc) is 3.41. The maximum Gasteiger partial charge on any atom is 0.295 e. The molecule has 0 aliphatic carbocycles.